The molecule has 1 atom stereocenters. The molecule has 2 aromatic rings. The zero-order valence-electron chi connectivity index (χ0n) is 15.1. The Morgan fingerprint density at radius 1 is 1.29 bits per heavy atom. The van der Waals surface area contributed by atoms with Gasteiger partial charge in [0.25, 0.3) is 11.6 Å². The fraction of sp³-hybridized carbons (Fsp3) is 0.158. The fourth-order valence-corrected chi connectivity index (χ4v) is 3.19. The maximum Gasteiger partial charge on any atom is 0.271 e. The Kier molecular flexibility index (Phi) is 5.36. The summed E-state index contributed by atoms with van der Waals surface area (Å²) >= 11 is 5.32. The molecule has 0 radical (unpaired) electrons. The van der Waals surface area contributed by atoms with Crippen LogP contribution in [-0.4, -0.2) is 27.9 Å². The molecule has 1 aliphatic rings. The van der Waals surface area contributed by atoms with E-state index >= 15 is 0 Å². The molecule has 0 fully saturated rings. The van der Waals surface area contributed by atoms with Gasteiger partial charge in [0.15, 0.2) is 5.11 Å². The molecule has 0 spiro atoms. The van der Waals surface area contributed by atoms with Crippen LogP contribution < -0.4 is 10.6 Å². The van der Waals surface area contributed by atoms with Gasteiger partial charge in [-0.2, -0.15) is 0 Å². The van der Waals surface area contributed by atoms with Gasteiger partial charge in [0.05, 0.1) is 16.5 Å². The maximum absolute atomic E-state index is 13.3. The number of carbonyl (C=O) groups excluding carboxylic acids is 1. The van der Waals surface area contributed by atoms with Crippen LogP contribution in [0.15, 0.2) is 59.8 Å². The number of thiocarbonyl (C=S) groups is 1. The zero-order chi connectivity index (χ0) is 20.4. The van der Waals surface area contributed by atoms with Crippen LogP contribution in [0, 0.1) is 15.9 Å². The summed E-state index contributed by atoms with van der Waals surface area (Å²) in [5.74, 6) is -0.822. The Morgan fingerprint density at radius 3 is 2.61 bits per heavy atom. The van der Waals surface area contributed by atoms with E-state index in [1.807, 2.05) is 0 Å². The number of amides is 1. The van der Waals surface area contributed by atoms with Crippen molar-refractivity contribution in [1.29, 1.82) is 0 Å². The number of non-ortho nitro benzene ring substituents is 1. The van der Waals surface area contributed by atoms with E-state index in [-0.39, 0.29) is 11.5 Å². The minimum atomic E-state index is -0.581. The molecule has 0 aliphatic carbocycles. The highest BCUT2D eigenvalue weighted by Crippen LogP contribution is 2.31. The third-order valence-corrected chi connectivity index (χ3v) is 4.91. The number of nitro groups is 1. The van der Waals surface area contributed by atoms with E-state index in [0.29, 0.717) is 27.6 Å². The second-order valence-electron chi connectivity index (χ2n) is 6.25. The lowest BCUT2D eigenvalue weighted by Crippen LogP contribution is -2.46. The molecule has 0 aromatic heterocycles. The van der Waals surface area contributed by atoms with E-state index in [2.05, 4.69) is 10.6 Å². The van der Waals surface area contributed by atoms with Crippen LogP contribution in [0.4, 0.5) is 15.8 Å². The molecule has 1 aliphatic heterocycles. The van der Waals surface area contributed by atoms with Crippen LogP contribution in [-0.2, 0) is 4.79 Å². The molecule has 1 unspecified atom stereocenters. The zero-order valence-corrected chi connectivity index (χ0v) is 15.9. The quantitative estimate of drug-likeness (QED) is 0.464. The van der Waals surface area contributed by atoms with E-state index in [4.69, 9.17) is 12.2 Å². The summed E-state index contributed by atoms with van der Waals surface area (Å²) in [5.41, 5.74) is 1.85. The predicted molar refractivity (Wildman–Crippen MR) is 107 cm³/mol. The number of hydrogen-bond acceptors (Lipinski definition) is 4. The Bertz CT molecular complexity index is 991. The van der Waals surface area contributed by atoms with Crippen molar-refractivity contribution in [2.75, 3.05) is 12.4 Å². The standard InChI is InChI=1S/C19H17FN4O3S/c1-11-16(18(25)21-14-4-3-5-15(10-14)24(26)27)17(22-19(28)23(11)2)12-6-8-13(20)9-7-12/h3-10,17H,1-2H3,(H,21,25)(H,22,28). The molecular formula is C19H17FN4O3S. The first-order valence-electron chi connectivity index (χ1n) is 8.34. The SMILES string of the molecule is CC1=C(C(=O)Nc2cccc([N+](=O)[O-])c2)C(c2ccc(F)cc2)NC(=S)N1C. The monoisotopic (exact) mass is 400 g/mol. The number of allylic oxidation sites excluding steroid dienone is 1. The lowest BCUT2D eigenvalue weighted by molar-refractivity contribution is -0.384. The number of nitrogens with one attached hydrogen (secondary N) is 2. The second kappa shape index (κ2) is 7.73. The van der Waals surface area contributed by atoms with Crippen molar-refractivity contribution in [3.63, 3.8) is 0 Å². The van der Waals surface area contributed by atoms with E-state index < -0.39 is 16.9 Å². The molecule has 1 amide bonds. The van der Waals surface area contributed by atoms with Crippen LogP contribution in [0.2, 0.25) is 0 Å². The lowest BCUT2D eigenvalue weighted by atomic mass is 9.94. The van der Waals surface area contributed by atoms with Gasteiger partial charge in [0.1, 0.15) is 5.82 Å². The minimum Gasteiger partial charge on any atom is -0.351 e. The van der Waals surface area contributed by atoms with Crippen LogP contribution in [0.3, 0.4) is 0 Å². The average Bonchev–Trinajstić information content (AvgIpc) is 2.66. The van der Waals surface area contributed by atoms with Gasteiger partial charge in [-0.3, -0.25) is 14.9 Å². The summed E-state index contributed by atoms with van der Waals surface area (Å²) in [6.07, 6.45) is 0. The smallest absolute Gasteiger partial charge is 0.271 e. The number of nitro benzene ring substituents is 1. The number of anilines is 1. The van der Waals surface area contributed by atoms with Crippen molar-refractivity contribution in [2.45, 2.75) is 13.0 Å². The maximum atomic E-state index is 13.3. The Morgan fingerprint density at radius 2 is 1.96 bits per heavy atom. The van der Waals surface area contributed by atoms with Crippen molar-refractivity contribution in [2.24, 2.45) is 0 Å². The summed E-state index contributed by atoms with van der Waals surface area (Å²) in [5, 5.41) is 17.2. The molecule has 7 nitrogen and oxygen atoms in total. The lowest BCUT2D eigenvalue weighted by Gasteiger charge is -2.35. The van der Waals surface area contributed by atoms with Gasteiger partial charge in [-0.15, -0.1) is 0 Å². The number of nitrogens with zero attached hydrogens (tertiary/aromatic N) is 2. The van der Waals surface area contributed by atoms with E-state index in [9.17, 15) is 19.3 Å². The minimum absolute atomic E-state index is 0.126. The van der Waals surface area contributed by atoms with Gasteiger partial charge in [-0.1, -0.05) is 18.2 Å². The van der Waals surface area contributed by atoms with Gasteiger partial charge >= 0.3 is 0 Å². The predicted octanol–water partition coefficient (Wildman–Crippen LogP) is 3.51. The van der Waals surface area contributed by atoms with Gasteiger partial charge in [0.2, 0.25) is 0 Å². The first-order chi connectivity index (χ1) is 13.3. The van der Waals surface area contributed by atoms with Crippen molar-refractivity contribution in [3.8, 4) is 0 Å². The first-order valence-corrected chi connectivity index (χ1v) is 8.75. The number of carbonyl (C=O) groups is 1. The number of hydrogen-bond donors (Lipinski definition) is 2. The summed E-state index contributed by atoms with van der Waals surface area (Å²) < 4.78 is 13.3. The summed E-state index contributed by atoms with van der Waals surface area (Å²) in [7, 11) is 1.73. The largest absolute Gasteiger partial charge is 0.351 e. The molecule has 144 valence electrons. The van der Waals surface area contributed by atoms with E-state index in [1.165, 1.54) is 30.3 Å². The average molecular weight is 400 g/mol. The van der Waals surface area contributed by atoms with Crippen LogP contribution in [0.25, 0.3) is 0 Å². The van der Waals surface area contributed by atoms with Gasteiger partial charge < -0.3 is 15.5 Å². The highest BCUT2D eigenvalue weighted by atomic mass is 32.1. The number of halogens is 1. The Hall–Kier alpha value is -3.33. The third-order valence-electron chi connectivity index (χ3n) is 4.52. The molecule has 2 N–H and O–H groups in total. The normalized spacial score (nSPS) is 16.6. The molecule has 0 bridgehead atoms. The van der Waals surface area contributed by atoms with Crippen molar-refractivity contribution in [1.82, 2.24) is 10.2 Å². The topological polar surface area (TPSA) is 87.5 Å². The fourth-order valence-electron chi connectivity index (χ4n) is 2.93. The first kappa shape index (κ1) is 19.4. The third kappa shape index (κ3) is 3.84. The Balaban J connectivity index is 1.98. The highest BCUT2D eigenvalue weighted by Gasteiger charge is 2.32. The van der Waals surface area contributed by atoms with Gasteiger partial charge in [-0.25, -0.2) is 4.39 Å². The number of benzene rings is 2. The highest BCUT2D eigenvalue weighted by molar-refractivity contribution is 7.80. The molecule has 0 saturated heterocycles. The molecular weight excluding hydrogens is 383 g/mol. The van der Waals surface area contributed by atoms with E-state index in [0.717, 1.165) is 0 Å². The van der Waals surface area contributed by atoms with Crippen molar-refractivity contribution in [3.05, 3.63) is 81.3 Å². The molecule has 28 heavy (non-hydrogen) atoms. The summed E-state index contributed by atoms with van der Waals surface area (Å²) in [4.78, 5) is 25.1. The van der Waals surface area contributed by atoms with Gasteiger partial charge in [-0.05, 0) is 42.9 Å². The van der Waals surface area contributed by atoms with Crippen molar-refractivity contribution < 1.29 is 14.1 Å². The molecule has 1 heterocycles. The van der Waals surface area contributed by atoms with E-state index in [1.54, 1.807) is 37.1 Å². The summed E-state index contributed by atoms with van der Waals surface area (Å²) in [6.45, 7) is 1.76. The number of rotatable bonds is 4. The van der Waals surface area contributed by atoms with Gasteiger partial charge in [0, 0.05) is 30.6 Å². The molecule has 3 rings (SSSR count). The molecule has 9 heteroatoms. The molecule has 0 saturated carbocycles. The molecule has 2 aromatic carbocycles. The second-order valence-corrected chi connectivity index (χ2v) is 6.64. The van der Waals surface area contributed by atoms with Crippen LogP contribution in [0.1, 0.15) is 18.5 Å². The van der Waals surface area contributed by atoms with Crippen molar-refractivity contribution >= 4 is 34.6 Å². The Labute approximate surface area is 166 Å². The van der Waals surface area contributed by atoms with Crippen LogP contribution >= 0.6 is 12.2 Å². The van der Waals surface area contributed by atoms with Crippen LogP contribution in [0.5, 0.6) is 0 Å². The summed E-state index contributed by atoms with van der Waals surface area (Å²) in [6, 6.07) is 10.9.